The normalized spacial score (nSPS) is 11.8. The van der Waals surface area contributed by atoms with E-state index in [-0.39, 0.29) is 17.8 Å². The zero-order valence-electron chi connectivity index (χ0n) is 11.0. The summed E-state index contributed by atoms with van der Waals surface area (Å²) in [6, 6.07) is 8.58. The number of halogens is 3. The van der Waals surface area contributed by atoms with Crippen molar-refractivity contribution in [2.75, 3.05) is 0 Å². The van der Waals surface area contributed by atoms with Crippen LogP contribution in [-0.4, -0.2) is 10.8 Å². The number of aromatic nitrogens is 1. The highest BCUT2D eigenvalue weighted by atomic mass is 19.4. The first-order chi connectivity index (χ1) is 9.97. The quantitative estimate of drug-likeness (QED) is 0.799. The summed E-state index contributed by atoms with van der Waals surface area (Å²) < 4.78 is 38.4. The highest BCUT2D eigenvalue weighted by molar-refractivity contribution is 5.95. The monoisotopic (exact) mass is 291 g/mol. The van der Waals surface area contributed by atoms with E-state index in [2.05, 4.69) is 4.98 Å². The summed E-state index contributed by atoms with van der Waals surface area (Å²) in [5.41, 5.74) is -0.0591. The first-order valence-electron chi connectivity index (χ1n) is 6.23. The molecule has 0 aliphatic carbocycles. The van der Waals surface area contributed by atoms with Gasteiger partial charge < -0.3 is 0 Å². The Morgan fingerprint density at radius 1 is 1.14 bits per heavy atom. The average Bonchev–Trinajstić information content (AvgIpc) is 2.45. The molecule has 1 aromatic heterocycles. The van der Waals surface area contributed by atoms with Crippen LogP contribution in [0.3, 0.4) is 0 Å². The molecule has 0 fully saturated rings. The van der Waals surface area contributed by atoms with Crippen LogP contribution in [0.2, 0.25) is 0 Å². The van der Waals surface area contributed by atoms with Crippen molar-refractivity contribution in [2.24, 2.45) is 0 Å². The first kappa shape index (κ1) is 15.0. The molecule has 0 amide bonds. The Kier molecular flexibility index (Phi) is 4.52. The van der Waals surface area contributed by atoms with Crippen molar-refractivity contribution in [3.8, 4) is 0 Å². The standard InChI is InChI=1S/C16H12F3NO/c17-16(18,19)15-6-2-1-5-13(15)7-8-14(21)10-12-4-3-9-20-11-12/h1-9,11H,10H2. The fourth-order valence-electron chi connectivity index (χ4n) is 1.85. The van der Waals surface area contributed by atoms with Gasteiger partial charge in [0, 0.05) is 18.8 Å². The number of alkyl halides is 3. The number of pyridine rings is 1. The van der Waals surface area contributed by atoms with E-state index in [0.29, 0.717) is 0 Å². The van der Waals surface area contributed by atoms with Crippen molar-refractivity contribution >= 4 is 11.9 Å². The topological polar surface area (TPSA) is 30.0 Å². The second-order valence-corrected chi connectivity index (χ2v) is 4.42. The third-order valence-electron chi connectivity index (χ3n) is 2.82. The molecule has 0 bridgehead atoms. The number of carbonyl (C=O) groups excluding carboxylic acids is 1. The summed E-state index contributed by atoms with van der Waals surface area (Å²) in [5.74, 6) is -0.278. The molecule has 0 aliphatic heterocycles. The van der Waals surface area contributed by atoms with Gasteiger partial charge in [0.2, 0.25) is 0 Å². The number of ketones is 1. The van der Waals surface area contributed by atoms with Crippen LogP contribution in [0.15, 0.2) is 54.9 Å². The molecule has 0 saturated heterocycles. The van der Waals surface area contributed by atoms with Crippen LogP contribution in [0, 0.1) is 0 Å². The molecule has 1 aromatic carbocycles. The molecule has 0 N–H and O–H groups in total. The van der Waals surface area contributed by atoms with Gasteiger partial charge in [-0.25, -0.2) is 0 Å². The van der Waals surface area contributed by atoms with Crippen molar-refractivity contribution in [2.45, 2.75) is 12.6 Å². The fraction of sp³-hybridized carbons (Fsp3) is 0.125. The molecular weight excluding hydrogens is 279 g/mol. The lowest BCUT2D eigenvalue weighted by molar-refractivity contribution is -0.137. The molecule has 0 saturated carbocycles. The predicted octanol–water partition coefficient (Wildman–Crippen LogP) is 3.93. The number of hydrogen-bond donors (Lipinski definition) is 0. The third-order valence-corrected chi connectivity index (χ3v) is 2.82. The predicted molar refractivity (Wildman–Crippen MR) is 73.4 cm³/mol. The molecule has 108 valence electrons. The molecule has 0 radical (unpaired) electrons. The number of rotatable bonds is 4. The number of nitrogens with zero attached hydrogens (tertiary/aromatic N) is 1. The lowest BCUT2D eigenvalue weighted by Crippen LogP contribution is -2.07. The maximum atomic E-state index is 12.8. The van der Waals surface area contributed by atoms with Gasteiger partial charge >= 0.3 is 6.18 Å². The Morgan fingerprint density at radius 2 is 1.90 bits per heavy atom. The minimum atomic E-state index is -4.44. The van der Waals surface area contributed by atoms with E-state index in [9.17, 15) is 18.0 Å². The number of allylic oxidation sites excluding steroid dienone is 1. The van der Waals surface area contributed by atoms with E-state index in [1.54, 1.807) is 24.5 Å². The van der Waals surface area contributed by atoms with Gasteiger partial charge in [0.25, 0.3) is 0 Å². The Hall–Kier alpha value is -2.43. The number of benzene rings is 1. The highest BCUT2D eigenvalue weighted by Gasteiger charge is 2.32. The largest absolute Gasteiger partial charge is 0.416 e. The molecule has 5 heteroatoms. The van der Waals surface area contributed by atoms with Gasteiger partial charge in [-0.3, -0.25) is 9.78 Å². The van der Waals surface area contributed by atoms with Crippen LogP contribution in [0.25, 0.3) is 6.08 Å². The van der Waals surface area contributed by atoms with E-state index in [4.69, 9.17) is 0 Å². The van der Waals surface area contributed by atoms with Crippen molar-refractivity contribution in [1.29, 1.82) is 0 Å². The van der Waals surface area contributed by atoms with Gasteiger partial charge in [-0.1, -0.05) is 30.3 Å². The van der Waals surface area contributed by atoms with Crippen molar-refractivity contribution in [3.63, 3.8) is 0 Å². The molecule has 1 heterocycles. The van der Waals surface area contributed by atoms with Crippen LogP contribution in [0.4, 0.5) is 13.2 Å². The highest BCUT2D eigenvalue weighted by Crippen LogP contribution is 2.32. The molecular formula is C16H12F3NO. The summed E-state index contributed by atoms with van der Waals surface area (Å²) in [6.45, 7) is 0. The maximum Gasteiger partial charge on any atom is 0.416 e. The van der Waals surface area contributed by atoms with Crippen molar-refractivity contribution in [1.82, 2.24) is 4.98 Å². The molecule has 2 rings (SSSR count). The SMILES string of the molecule is O=C(C=Cc1ccccc1C(F)(F)F)Cc1cccnc1. The van der Waals surface area contributed by atoms with Gasteiger partial charge in [0.1, 0.15) is 0 Å². The Balaban J connectivity index is 2.13. The van der Waals surface area contributed by atoms with Gasteiger partial charge in [-0.15, -0.1) is 0 Å². The van der Waals surface area contributed by atoms with Crippen molar-refractivity contribution in [3.05, 3.63) is 71.6 Å². The van der Waals surface area contributed by atoms with E-state index < -0.39 is 11.7 Å². The summed E-state index contributed by atoms with van der Waals surface area (Å²) in [5, 5.41) is 0. The summed E-state index contributed by atoms with van der Waals surface area (Å²) >= 11 is 0. The Bertz CT molecular complexity index is 648. The van der Waals surface area contributed by atoms with Gasteiger partial charge in [-0.2, -0.15) is 13.2 Å². The third kappa shape index (κ3) is 4.27. The first-order valence-corrected chi connectivity index (χ1v) is 6.23. The van der Waals surface area contributed by atoms with E-state index in [1.165, 1.54) is 24.3 Å². The van der Waals surface area contributed by atoms with E-state index >= 15 is 0 Å². The molecule has 0 unspecified atom stereocenters. The molecule has 0 atom stereocenters. The number of hydrogen-bond acceptors (Lipinski definition) is 2. The summed E-state index contributed by atoms with van der Waals surface area (Å²) in [6.07, 6.45) is 1.17. The Labute approximate surface area is 120 Å². The van der Waals surface area contributed by atoms with E-state index in [1.807, 2.05) is 0 Å². The van der Waals surface area contributed by atoms with E-state index in [0.717, 1.165) is 17.7 Å². The smallest absolute Gasteiger partial charge is 0.294 e. The zero-order chi connectivity index (χ0) is 15.3. The van der Waals surface area contributed by atoms with Gasteiger partial charge in [0.15, 0.2) is 5.78 Å². The van der Waals surface area contributed by atoms with Crippen molar-refractivity contribution < 1.29 is 18.0 Å². The molecule has 21 heavy (non-hydrogen) atoms. The van der Waals surface area contributed by atoms with Gasteiger partial charge in [0.05, 0.1) is 5.56 Å². The average molecular weight is 291 g/mol. The van der Waals surface area contributed by atoms with Crippen LogP contribution >= 0.6 is 0 Å². The Morgan fingerprint density at radius 3 is 2.57 bits per heavy atom. The molecule has 2 aromatic rings. The maximum absolute atomic E-state index is 12.8. The minimum absolute atomic E-state index is 0.0236. The molecule has 2 nitrogen and oxygen atoms in total. The second-order valence-electron chi connectivity index (χ2n) is 4.42. The van der Waals surface area contributed by atoms with Crippen LogP contribution in [0.5, 0.6) is 0 Å². The zero-order valence-corrected chi connectivity index (χ0v) is 11.0. The lowest BCUT2D eigenvalue weighted by Gasteiger charge is -2.09. The number of carbonyl (C=O) groups is 1. The molecule has 0 spiro atoms. The van der Waals surface area contributed by atoms with Crippen LogP contribution in [-0.2, 0) is 17.4 Å². The van der Waals surface area contributed by atoms with Gasteiger partial charge in [-0.05, 0) is 29.3 Å². The summed E-state index contributed by atoms with van der Waals surface area (Å²) in [7, 11) is 0. The molecule has 0 aliphatic rings. The fourth-order valence-corrected chi connectivity index (χ4v) is 1.85. The second kappa shape index (κ2) is 6.35. The minimum Gasteiger partial charge on any atom is -0.294 e. The van der Waals surface area contributed by atoms with Crippen LogP contribution < -0.4 is 0 Å². The summed E-state index contributed by atoms with van der Waals surface area (Å²) in [4.78, 5) is 15.6. The lowest BCUT2D eigenvalue weighted by atomic mass is 10.1. The van der Waals surface area contributed by atoms with Crippen LogP contribution in [0.1, 0.15) is 16.7 Å².